The van der Waals surface area contributed by atoms with Gasteiger partial charge >= 0.3 is 6.18 Å². The van der Waals surface area contributed by atoms with Gasteiger partial charge in [-0.15, -0.1) is 0 Å². The number of carbonyl (C=O) groups excluding carboxylic acids is 1. The fraction of sp³-hybridized carbons (Fsp3) is 0.333. The third-order valence-corrected chi connectivity index (χ3v) is 4.08. The second-order valence-corrected chi connectivity index (χ2v) is 6.46. The van der Waals surface area contributed by atoms with Crippen LogP contribution in [-0.2, 0) is 6.18 Å². The predicted molar refractivity (Wildman–Crippen MR) is 115 cm³/mol. The Labute approximate surface area is 183 Å². The number of para-hydroxylation sites is 1. The lowest BCUT2D eigenvalue weighted by Crippen LogP contribution is -2.34. The normalized spacial score (nSPS) is 10.9. The molecule has 6 nitrogen and oxygen atoms in total. The minimum absolute atomic E-state index is 0.142. The maximum atomic E-state index is 13.2. The molecule has 2 aromatic rings. The number of amides is 1. The van der Waals surface area contributed by atoms with Gasteiger partial charge in [0, 0.05) is 5.56 Å². The van der Waals surface area contributed by atoms with Crippen molar-refractivity contribution in [1.82, 2.24) is 5.32 Å². The van der Waals surface area contributed by atoms with E-state index in [-0.39, 0.29) is 16.4 Å². The number of rotatable bonds is 8. The average Bonchev–Trinajstić information content (AvgIpc) is 2.70. The molecule has 0 saturated heterocycles. The van der Waals surface area contributed by atoms with Crippen LogP contribution in [0, 0.1) is 0 Å². The molecule has 31 heavy (non-hydrogen) atoms. The first kappa shape index (κ1) is 24.3. The summed E-state index contributed by atoms with van der Waals surface area (Å²) < 4.78 is 56.2. The molecule has 2 aromatic carbocycles. The van der Waals surface area contributed by atoms with Crippen LogP contribution in [0.3, 0.4) is 0 Å². The molecule has 1 amide bonds. The molecule has 0 saturated carbocycles. The maximum Gasteiger partial charge on any atom is 0.418 e. The third kappa shape index (κ3) is 6.48. The number of nitrogens with one attached hydrogen (secondary N) is 2. The van der Waals surface area contributed by atoms with E-state index in [1.165, 1.54) is 30.3 Å². The zero-order valence-corrected chi connectivity index (χ0v) is 18.1. The van der Waals surface area contributed by atoms with E-state index >= 15 is 0 Å². The van der Waals surface area contributed by atoms with Crippen molar-refractivity contribution in [3.05, 3.63) is 47.5 Å². The molecule has 2 N–H and O–H groups in total. The zero-order chi connectivity index (χ0) is 23.0. The van der Waals surface area contributed by atoms with Gasteiger partial charge in [-0.3, -0.25) is 10.1 Å². The Morgan fingerprint density at radius 2 is 1.52 bits per heavy atom. The topological polar surface area (TPSA) is 68.8 Å². The summed E-state index contributed by atoms with van der Waals surface area (Å²) >= 11 is 5.03. The van der Waals surface area contributed by atoms with E-state index in [9.17, 15) is 18.0 Å². The summed E-state index contributed by atoms with van der Waals surface area (Å²) in [5.74, 6) is 0.331. The molecule has 0 aliphatic carbocycles. The first-order valence-electron chi connectivity index (χ1n) is 9.56. The highest BCUT2D eigenvalue weighted by molar-refractivity contribution is 7.80. The summed E-state index contributed by atoms with van der Waals surface area (Å²) in [5.41, 5.74) is -1.02. The summed E-state index contributed by atoms with van der Waals surface area (Å²) in [5, 5.41) is 4.51. The van der Waals surface area contributed by atoms with Crippen molar-refractivity contribution in [3.63, 3.8) is 0 Å². The standard InChI is InChI=1S/C21H23F3N2O4S/c1-4-28-16-11-13(12-17(29-5-2)18(16)30-6-3)19(27)26-20(31)25-15-10-8-7-9-14(15)21(22,23)24/h7-12H,4-6H2,1-3H3,(H2,25,26,27,31). The largest absolute Gasteiger partial charge is 0.490 e. The molecule has 0 atom stereocenters. The molecular weight excluding hydrogens is 433 g/mol. The van der Waals surface area contributed by atoms with Crippen molar-refractivity contribution in [3.8, 4) is 17.2 Å². The molecule has 2 rings (SSSR count). The first-order chi connectivity index (χ1) is 14.7. The minimum Gasteiger partial charge on any atom is -0.490 e. The van der Waals surface area contributed by atoms with Crippen LogP contribution in [0.5, 0.6) is 17.2 Å². The second-order valence-electron chi connectivity index (χ2n) is 6.05. The molecule has 0 heterocycles. The molecule has 0 aromatic heterocycles. The molecular formula is C21H23F3N2O4S. The summed E-state index contributed by atoms with van der Waals surface area (Å²) in [4.78, 5) is 12.7. The van der Waals surface area contributed by atoms with E-state index in [1.807, 2.05) is 0 Å². The summed E-state index contributed by atoms with van der Waals surface area (Å²) in [6.45, 7) is 6.36. The van der Waals surface area contributed by atoms with Gasteiger partial charge in [-0.05, 0) is 57.3 Å². The number of anilines is 1. The van der Waals surface area contributed by atoms with Gasteiger partial charge in [-0.1, -0.05) is 12.1 Å². The molecule has 0 aliphatic heterocycles. The average molecular weight is 456 g/mol. The minimum atomic E-state index is -4.57. The highest BCUT2D eigenvalue weighted by atomic mass is 32.1. The van der Waals surface area contributed by atoms with Crippen LogP contribution in [0.25, 0.3) is 0 Å². The van der Waals surface area contributed by atoms with Crippen LogP contribution < -0.4 is 24.8 Å². The highest BCUT2D eigenvalue weighted by Crippen LogP contribution is 2.39. The van der Waals surface area contributed by atoms with Crippen LogP contribution >= 0.6 is 12.2 Å². The molecule has 0 spiro atoms. The van der Waals surface area contributed by atoms with Gasteiger partial charge in [0.05, 0.1) is 31.1 Å². The molecule has 10 heteroatoms. The second kappa shape index (κ2) is 10.9. The van der Waals surface area contributed by atoms with E-state index < -0.39 is 17.6 Å². The molecule has 0 fully saturated rings. The third-order valence-electron chi connectivity index (χ3n) is 3.88. The Morgan fingerprint density at radius 1 is 0.968 bits per heavy atom. The van der Waals surface area contributed by atoms with Gasteiger partial charge in [-0.2, -0.15) is 13.2 Å². The van der Waals surface area contributed by atoms with Crippen LogP contribution in [0.15, 0.2) is 36.4 Å². The highest BCUT2D eigenvalue weighted by Gasteiger charge is 2.33. The van der Waals surface area contributed by atoms with E-state index in [0.717, 1.165) is 6.07 Å². The van der Waals surface area contributed by atoms with Crippen molar-refractivity contribution < 1.29 is 32.2 Å². The Hall–Kier alpha value is -3.01. The monoisotopic (exact) mass is 456 g/mol. The molecule has 0 radical (unpaired) electrons. The lowest BCUT2D eigenvalue weighted by molar-refractivity contribution is -0.136. The van der Waals surface area contributed by atoms with Gasteiger partial charge < -0.3 is 19.5 Å². The number of ether oxygens (including phenoxy) is 3. The Kier molecular flexibility index (Phi) is 8.49. The molecule has 168 valence electrons. The van der Waals surface area contributed by atoms with Crippen molar-refractivity contribution in [2.45, 2.75) is 26.9 Å². The van der Waals surface area contributed by atoms with Crippen LogP contribution in [0.2, 0.25) is 0 Å². The number of hydrogen-bond donors (Lipinski definition) is 2. The molecule has 0 unspecified atom stereocenters. The van der Waals surface area contributed by atoms with Crippen molar-refractivity contribution >= 4 is 28.9 Å². The maximum absolute atomic E-state index is 13.2. The van der Waals surface area contributed by atoms with Crippen molar-refractivity contribution in [2.75, 3.05) is 25.1 Å². The fourth-order valence-electron chi connectivity index (χ4n) is 2.69. The quantitative estimate of drug-likeness (QED) is 0.543. The summed E-state index contributed by atoms with van der Waals surface area (Å²) in [6, 6.07) is 7.75. The van der Waals surface area contributed by atoms with Gasteiger partial charge in [0.25, 0.3) is 5.91 Å². The Balaban J connectivity index is 2.26. The Morgan fingerprint density at radius 3 is 2.03 bits per heavy atom. The smallest absolute Gasteiger partial charge is 0.418 e. The first-order valence-corrected chi connectivity index (χ1v) is 9.97. The number of benzene rings is 2. The van der Waals surface area contributed by atoms with Crippen molar-refractivity contribution in [2.24, 2.45) is 0 Å². The van der Waals surface area contributed by atoms with E-state index in [2.05, 4.69) is 10.6 Å². The lowest BCUT2D eigenvalue weighted by Gasteiger charge is -2.18. The molecule has 0 bridgehead atoms. The van der Waals surface area contributed by atoms with Crippen molar-refractivity contribution in [1.29, 1.82) is 0 Å². The fourth-order valence-corrected chi connectivity index (χ4v) is 2.89. The SMILES string of the molecule is CCOc1cc(C(=O)NC(=S)Nc2ccccc2C(F)(F)F)cc(OCC)c1OCC. The Bertz CT molecular complexity index is 908. The van der Waals surface area contributed by atoms with E-state index in [1.54, 1.807) is 20.8 Å². The number of thiocarbonyl (C=S) groups is 1. The summed E-state index contributed by atoms with van der Waals surface area (Å²) in [7, 11) is 0. The van der Waals surface area contributed by atoms with Gasteiger partial charge in [0.1, 0.15) is 0 Å². The number of hydrogen-bond acceptors (Lipinski definition) is 5. The number of alkyl halides is 3. The van der Waals surface area contributed by atoms with Gasteiger partial charge in [-0.25, -0.2) is 0 Å². The van der Waals surface area contributed by atoms with E-state index in [4.69, 9.17) is 26.4 Å². The lowest BCUT2D eigenvalue weighted by atomic mass is 10.1. The predicted octanol–water partition coefficient (Wildman–Crippen LogP) is 5.03. The van der Waals surface area contributed by atoms with Crippen LogP contribution in [0.4, 0.5) is 18.9 Å². The van der Waals surface area contributed by atoms with Gasteiger partial charge in [0.2, 0.25) is 5.75 Å². The van der Waals surface area contributed by atoms with Crippen LogP contribution in [0.1, 0.15) is 36.7 Å². The molecule has 0 aliphatic rings. The van der Waals surface area contributed by atoms with E-state index in [0.29, 0.717) is 37.1 Å². The number of halogens is 3. The van der Waals surface area contributed by atoms with Gasteiger partial charge in [0.15, 0.2) is 16.6 Å². The zero-order valence-electron chi connectivity index (χ0n) is 17.3. The number of carbonyl (C=O) groups is 1. The van der Waals surface area contributed by atoms with Crippen LogP contribution in [-0.4, -0.2) is 30.8 Å². The summed E-state index contributed by atoms with van der Waals surface area (Å²) in [6.07, 6.45) is -4.57.